The number of ether oxygens (including phenoxy) is 2. The Hall–Kier alpha value is -2.07. The van der Waals surface area contributed by atoms with Crippen LogP contribution < -0.4 is 14.8 Å². The van der Waals surface area contributed by atoms with E-state index in [-0.39, 0.29) is 0 Å². The largest absolute Gasteiger partial charge is 0.490 e. The first kappa shape index (κ1) is 21.6. The molecule has 3 rings (SSSR count). The first-order valence-electron chi connectivity index (χ1n) is 9.28. The van der Waals surface area contributed by atoms with Crippen molar-refractivity contribution in [2.24, 2.45) is 0 Å². The van der Waals surface area contributed by atoms with Crippen LogP contribution in [0.25, 0.3) is 0 Å². The second kappa shape index (κ2) is 10.1. The van der Waals surface area contributed by atoms with Crippen molar-refractivity contribution in [1.29, 1.82) is 0 Å². The topological polar surface area (TPSA) is 30.5 Å². The van der Waals surface area contributed by atoms with E-state index in [2.05, 4.69) is 24.4 Å². The summed E-state index contributed by atoms with van der Waals surface area (Å²) in [6.45, 7) is 5.44. The van der Waals surface area contributed by atoms with E-state index in [4.69, 9.17) is 44.3 Å². The molecular weight excluding hydrogens is 429 g/mol. The number of nitrogens with one attached hydrogen (secondary N) is 1. The molecule has 0 aromatic heterocycles. The van der Waals surface area contributed by atoms with Gasteiger partial charge in [0, 0.05) is 22.7 Å². The fraction of sp³-hybridized carbons (Fsp3) is 0.217. The van der Waals surface area contributed by atoms with E-state index < -0.39 is 0 Å². The molecule has 6 heteroatoms. The highest BCUT2D eigenvalue weighted by atomic mass is 35.5. The first-order valence-corrected chi connectivity index (χ1v) is 10.4. The Bertz CT molecular complexity index is 992. The van der Waals surface area contributed by atoms with Crippen molar-refractivity contribution >= 4 is 40.5 Å². The van der Waals surface area contributed by atoms with E-state index in [0.29, 0.717) is 46.3 Å². The molecule has 1 N–H and O–H groups in total. The van der Waals surface area contributed by atoms with Crippen LogP contribution in [0.1, 0.15) is 23.6 Å². The molecule has 0 aliphatic heterocycles. The van der Waals surface area contributed by atoms with Crippen LogP contribution in [0.15, 0.2) is 54.6 Å². The van der Waals surface area contributed by atoms with Gasteiger partial charge in [0.2, 0.25) is 0 Å². The van der Waals surface area contributed by atoms with Crippen LogP contribution in [0, 0.1) is 6.92 Å². The van der Waals surface area contributed by atoms with Gasteiger partial charge in [0.1, 0.15) is 6.61 Å². The molecule has 0 aliphatic rings. The van der Waals surface area contributed by atoms with Crippen LogP contribution in [-0.2, 0) is 13.2 Å². The molecule has 0 unspecified atom stereocenters. The number of benzene rings is 3. The molecule has 0 atom stereocenters. The van der Waals surface area contributed by atoms with Crippen molar-refractivity contribution < 1.29 is 9.47 Å². The molecule has 0 bridgehead atoms. The molecule has 0 fully saturated rings. The Morgan fingerprint density at radius 3 is 2.38 bits per heavy atom. The minimum atomic E-state index is 0.441. The average molecular weight is 451 g/mol. The van der Waals surface area contributed by atoms with Crippen molar-refractivity contribution in [2.45, 2.75) is 27.0 Å². The molecule has 3 aromatic carbocycles. The highest BCUT2D eigenvalue weighted by Gasteiger charge is 2.12. The van der Waals surface area contributed by atoms with Crippen LogP contribution in [0.5, 0.6) is 11.5 Å². The number of halogens is 3. The van der Waals surface area contributed by atoms with Gasteiger partial charge in [0.15, 0.2) is 11.5 Å². The molecule has 152 valence electrons. The lowest BCUT2D eigenvalue weighted by atomic mass is 10.1. The maximum atomic E-state index is 6.51. The normalized spacial score (nSPS) is 10.7. The van der Waals surface area contributed by atoms with E-state index >= 15 is 0 Å². The van der Waals surface area contributed by atoms with Crippen LogP contribution in [0.3, 0.4) is 0 Å². The van der Waals surface area contributed by atoms with Gasteiger partial charge in [-0.15, -0.1) is 0 Å². The number of anilines is 1. The predicted molar refractivity (Wildman–Crippen MR) is 122 cm³/mol. The van der Waals surface area contributed by atoms with Crippen LogP contribution >= 0.6 is 34.8 Å². The van der Waals surface area contributed by atoms with Crippen molar-refractivity contribution in [3.8, 4) is 11.5 Å². The summed E-state index contributed by atoms with van der Waals surface area (Å²) in [6, 6.07) is 17.2. The smallest absolute Gasteiger partial charge is 0.163 e. The number of aryl methyl sites for hydroxylation is 1. The highest BCUT2D eigenvalue weighted by Crippen LogP contribution is 2.35. The van der Waals surface area contributed by atoms with Crippen molar-refractivity contribution in [1.82, 2.24) is 0 Å². The maximum absolute atomic E-state index is 6.51. The average Bonchev–Trinajstić information content (AvgIpc) is 2.68. The molecule has 3 aromatic rings. The molecule has 0 saturated carbocycles. The van der Waals surface area contributed by atoms with Crippen molar-refractivity contribution in [3.63, 3.8) is 0 Å². The SMILES string of the molecule is CCOc1cc(CNc2ccc(Cl)cc2Cl)c(Cl)cc1OCc1cccc(C)c1. The van der Waals surface area contributed by atoms with Crippen LogP contribution in [0.4, 0.5) is 5.69 Å². The Labute approximate surface area is 186 Å². The second-order valence-electron chi connectivity index (χ2n) is 6.58. The fourth-order valence-electron chi connectivity index (χ4n) is 2.88. The first-order chi connectivity index (χ1) is 14.0. The molecule has 3 nitrogen and oxygen atoms in total. The molecule has 0 radical (unpaired) electrons. The second-order valence-corrected chi connectivity index (χ2v) is 7.83. The molecule has 0 amide bonds. The van der Waals surface area contributed by atoms with Crippen molar-refractivity contribution in [3.05, 3.63) is 86.4 Å². The summed E-state index contributed by atoms with van der Waals surface area (Å²) in [5.41, 5.74) is 3.94. The minimum absolute atomic E-state index is 0.441. The Kier molecular flexibility index (Phi) is 7.54. The van der Waals surface area contributed by atoms with Crippen molar-refractivity contribution in [2.75, 3.05) is 11.9 Å². The lowest BCUT2D eigenvalue weighted by Crippen LogP contribution is -2.04. The predicted octanol–water partition coefficient (Wildman–Crippen LogP) is 7.55. The van der Waals surface area contributed by atoms with Gasteiger partial charge in [0.25, 0.3) is 0 Å². The monoisotopic (exact) mass is 449 g/mol. The van der Waals surface area contributed by atoms with Gasteiger partial charge in [0.05, 0.1) is 17.3 Å². The third kappa shape index (κ3) is 5.96. The number of rotatable bonds is 8. The third-order valence-corrected chi connectivity index (χ3v) is 5.19. The summed E-state index contributed by atoms with van der Waals surface area (Å²) in [6.07, 6.45) is 0. The Balaban J connectivity index is 1.76. The maximum Gasteiger partial charge on any atom is 0.163 e. The summed E-state index contributed by atoms with van der Waals surface area (Å²) in [7, 11) is 0. The zero-order valence-electron chi connectivity index (χ0n) is 16.3. The van der Waals surface area contributed by atoms with E-state index in [0.717, 1.165) is 16.8 Å². The van der Waals surface area contributed by atoms with Gasteiger partial charge in [-0.05, 0) is 49.2 Å². The minimum Gasteiger partial charge on any atom is -0.490 e. The lowest BCUT2D eigenvalue weighted by molar-refractivity contribution is 0.269. The number of hydrogen-bond donors (Lipinski definition) is 1. The van der Waals surface area contributed by atoms with Crippen LogP contribution in [-0.4, -0.2) is 6.61 Å². The van der Waals surface area contributed by atoms with Gasteiger partial charge in [-0.2, -0.15) is 0 Å². The summed E-state index contributed by atoms with van der Waals surface area (Å²) < 4.78 is 11.8. The zero-order chi connectivity index (χ0) is 20.8. The molecule has 0 heterocycles. The van der Waals surface area contributed by atoms with E-state index in [1.165, 1.54) is 5.56 Å². The van der Waals surface area contributed by atoms with Gasteiger partial charge in [-0.3, -0.25) is 0 Å². The Morgan fingerprint density at radius 1 is 0.862 bits per heavy atom. The molecular formula is C23H22Cl3NO2. The summed E-state index contributed by atoms with van der Waals surface area (Å²) in [4.78, 5) is 0. The molecule has 0 spiro atoms. The van der Waals surface area contributed by atoms with Crippen LogP contribution in [0.2, 0.25) is 15.1 Å². The molecule has 0 aliphatic carbocycles. The number of hydrogen-bond acceptors (Lipinski definition) is 3. The quantitative estimate of drug-likeness (QED) is 0.384. The zero-order valence-corrected chi connectivity index (χ0v) is 18.5. The van der Waals surface area contributed by atoms with Gasteiger partial charge in [-0.1, -0.05) is 64.6 Å². The van der Waals surface area contributed by atoms with Gasteiger partial charge >= 0.3 is 0 Å². The standard InChI is InChI=1S/C23H22Cl3NO2/c1-3-28-22-10-17(13-27-21-8-7-18(24)11-20(21)26)19(25)12-23(22)29-14-16-6-4-5-15(2)9-16/h4-12,27H,3,13-14H2,1-2H3. The van der Waals surface area contributed by atoms with E-state index in [9.17, 15) is 0 Å². The fourth-order valence-corrected chi connectivity index (χ4v) is 3.58. The Morgan fingerprint density at radius 2 is 1.66 bits per heavy atom. The molecule has 29 heavy (non-hydrogen) atoms. The summed E-state index contributed by atoms with van der Waals surface area (Å²) >= 11 is 18.7. The van der Waals surface area contributed by atoms with Gasteiger partial charge in [-0.25, -0.2) is 0 Å². The summed E-state index contributed by atoms with van der Waals surface area (Å²) in [5.74, 6) is 1.27. The van der Waals surface area contributed by atoms with Gasteiger partial charge < -0.3 is 14.8 Å². The third-order valence-electron chi connectivity index (χ3n) is 4.29. The summed E-state index contributed by atoms with van der Waals surface area (Å²) in [5, 5.41) is 5.01. The lowest BCUT2D eigenvalue weighted by Gasteiger charge is -2.16. The van der Waals surface area contributed by atoms with E-state index in [1.807, 2.05) is 31.2 Å². The van der Waals surface area contributed by atoms with E-state index in [1.54, 1.807) is 18.2 Å². The molecule has 0 saturated heterocycles. The highest BCUT2D eigenvalue weighted by molar-refractivity contribution is 6.36.